The van der Waals surface area contributed by atoms with Gasteiger partial charge in [0.05, 0.1) is 114 Å². The van der Waals surface area contributed by atoms with Crippen LogP contribution in [-0.2, 0) is 38.0 Å². The van der Waals surface area contributed by atoms with Gasteiger partial charge in [0.25, 0.3) is 0 Å². The van der Waals surface area contributed by atoms with E-state index in [2.05, 4.69) is 16.6 Å². The van der Waals surface area contributed by atoms with E-state index >= 15 is 0 Å². The van der Waals surface area contributed by atoms with E-state index in [0.29, 0.717) is 84.1 Å². The van der Waals surface area contributed by atoms with E-state index in [-0.39, 0.29) is 37.5 Å². The van der Waals surface area contributed by atoms with Crippen LogP contribution in [0.15, 0.2) is 22.9 Å². The highest BCUT2D eigenvalue weighted by molar-refractivity contribution is 6.05. The minimum Gasteiger partial charge on any atom is -0.496 e. The van der Waals surface area contributed by atoms with Crippen molar-refractivity contribution >= 4 is 33.8 Å². The van der Waals surface area contributed by atoms with Crippen LogP contribution >= 0.6 is 0 Å². The number of hydrogen-bond acceptors (Lipinski definition) is 13. The summed E-state index contributed by atoms with van der Waals surface area (Å²) in [6.45, 7) is 10.9. The second kappa shape index (κ2) is 20.5. The summed E-state index contributed by atoms with van der Waals surface area (Å²) in [4.78, 5) is 35.2. The van der Waals surface area contributed by atoms with Gasteiger partial charge in [-0.15, -0.1) is 0 Å². The zero-order valence-electron chi connectivity index (χ0n) is 32.0. The Morgan fingerprint density at radius 2 is 1.54 bits per heavy atom. The predicted molar refractivity (Wildman–Crippen MR) is 198 cm³/mol. The first-order valence-electron chi connectivity index (χ1n) is 18.4. The zero-order chi connectivity index (χ0) is 38.5. The third kappa shape index (κ3) is 10.5. The largest absolute Gasteiger partial charge is 0.496 e. The van der Waals surface area contributed by atoms with Crippen LogP contribution in [-0.4, -0.2) is 142 Å². The number of carboxylic acid groups (broad SMARTS) is 1. The molecule has 0 radical (unpaired) electrons. The molecule has 1 aromatic carbocycles. The number of piperidine rings is 1. The van der Waals surface area contributed by atoms with E-state index in [4.69, 9.17) is 52.8 Å². The Morgan fingerprint density at radius 1 is 0.907 bits per heavy atom. The van der Waals surface area contributed by atoms with Crippen LogP contribution in [0.2, 0.25) is 0 Å². The number of aryl methyl sites for hydroxylation is 2. The van der Waals surface area contributed by atoms with Gasteiger partial charge in [-0.25, -0.2) is 4.98 Å². The number of imidazole rings is 1. The summed E-state index contributed by atoms with van der Waals surface area (Å²) in [7, 11) is 3.37. The van der Waals surface area contributed by atoms with Crippen molar-refractivity contribution in [2.45, 2.75) is 52.0 Å². The van der Waals surface area contributed by atoms with Crippen molar-refractivity contribution in [1.82, 2.24) is 24.6 Å². The van der Waals surface area contributed by atoms with Crippen molar-refractivity contribution in [2.75, 3.05) is 100.0 Å². The summed E-state index contributed by atoms with van der Waals surface area (Å²) in [6.07, 6.45) is 3.36. The number of ether oxygens (including phenoxy) is 7. The van der Waals surface area contributed by atoms with Gasteiger partial charge in [0.1, 0.15) is 29.5 Å². The molecule has 1 saturated heterocycles. The number of hydrogen-bond donors (Lipinski definition) is 1. The van der Waals surface area contributed by atoms with Crippen molar-refractivity contribution in [1.29, 1.82) is 0 Å². The van der Waals surface area contributed by atoms with Crippen LogP contribution in [0.25, 0.3) is 33.1 Å². The molecule has 296 valence electrons. The van der Waals surface area contributed by atoms with Crippen LogP contribution < -0.4 is 4.74 Å². The first-order valence-corrected chi connectivity index (χ1v) is 18.4. The van der Waals surface area contributed by atoms with Gasteiger partial charge in [-0.05, 0) is 45.7 Å². The number of nitrogens with zero attached hydrogens (tertiary/aromatic N) is 5. The minimum atomic E-state index is -0.886. The number of methoxy groups -OCH3 is 2. The highest BCUT2D eigenvalue weighted by Gasteiger charge is 2.30. The topological polar surface area (TPSA) is 179 Å². The Kier molecular flexibility index (Phi) is 15.5. The fourth-order valence-electron chi connectivity index (χ4n) is 6.78. The number of aliphatic carboxylic acids is 1. The van der Waals surface area contributed by atoms with Crippen molar-refractivity contribution in [2.24, 2.45) is 0 Å². The molecule has 16 nitrogen and oxygen atoms in total. The maximum atomic E-state index is 13.0. The van der Waals surface area contributed by atoms with E-state index in [1.807, 2.05) is 37.1 Å². The Labute approximate surface area is 314 Å². The van der Waals surface area contributed by atoms with Crippen molar-refractivity contribution in [3.05, 3.63) is 35.6 Å². The summed E-state index contributed by atoms with van der Waals surface area (Å²) in [5.41, 5.74) is 5.15. The lowest BCUT2D eigenvalue weighted by molar-refractivity contribution is -0.139. The Morgan fingerprint density at radius 3 is 2.11 bits per heavy atom. The molecule has 1 aliphatic rings. The first-order chi connectivity index (χ1) is 26.2. The smallest absolute Gasteiger partial charge is 0.305 e. The molecule has 1 atom stereocenters. The maximum absolute atomic E-state index is 13.0. The van der Waals surface area contributed by atoms with Crippen molar-refractivity contribution < 1.29 is 52.4 Å². The van der Waals surface area contributed by atoms with Crippen molar-refractivity contribution in [3.8, 4) is 16.9 Å². The molecule has 16 heteroatoms. The highest BCUT2D eigenvalue weighted by Crippen LogP contribution is 2.41. The number of benzene rings is 1. The molecule has 4 heterocycles. The average Bonchev–Trinajstić information content (AvgIpc) is 3.73. The number of carbonyl (C=O) groups excluding carboxylic acids is 1. The van der Waals surface area contributed by atoms with E-state index in [0.717, 1.165) is 57.4 Å². The lowest BCUT2D eigenvalue weighted by atomic mass is 9.95. The summed E-state index contributed by atoms with van der Waals surface area (Å²) in [5.74, 6) is 1.60. The van der Waals surface area contributed by atoms with E-state index in [1.54, 1.807) is 14.2 Å². The molecule has 1 aliphatic heterocycles. The van der Waals surface area contributed by atoms with E-state index < -0.39 is 5.97 Å². The molecule has 3 aromatic heterocycles. The number of likely N-dealkylation sites (tertiary alicyclic amines) is 1. The Bertz CT molecular complexity index is 1800. The molecule has 1 amide bonds. The van der Waals surface area contributed by atoms with Gasteiger partial charge < -0.3 is 52.3 Å². The zero-order valence-corrected chi connectivity index (χ0v) is 32.0. The average molecular weight is 756 g/mol. The van der Waals surface area contributed by atoms with Crippen LogP contribution in [0.4, 0.5) is 0 Å². The number of carboxylic acids is 1. The fraction of sp³-hybridized carbons (Fsp3) is 0.605. The van der Waals surface area contributed by atoms with Crippen molar-refractivity contribution in [3.63, 3.8) is 0 Å². The molecule has 4 aromatic rings. The molecular weight excluding hydrogens is 702 g/mol. The van der Waals surface area contributed by atoms with Crippen LogP contribution in [0.3, 0.4) is 0 Å². The normalized spacial score (nSPS) is 14.4. The van der Waals surface area contributed by atoms with Crippen LogP contribution in [0.5, 0.6) is 5.75 Å². The van der Waals surface area contributed by atoms with Crippen LogP contribution in [0.1, 0.15) is 55.4 Å². The molecule has 5 rings (SSSR count). The van der Waals surface area contributed by atoms with Gasteiger partial charge in [0.15, 0.2) is 0 Å². The third-order valence-corrected chi connectivity index (χ3v) is 9.40. The maximum Gasteiger partial charge on any atom is 0.305 e. The molecule has 0 aliphatic carbocycles. The molecule has 1 unspecified atom stereocenters. The number of fused-ring (bicyclic) bond motifs is 3. The van der Waals surface area contributed by atoms with Gasteiger partial charge >= 0.3 is 5.97 Å². The number of pyridine rings is 1. The summed E-state index contributed by atoms with van der Waals surface area (Å²) in [6, 6.07) is 4.06. The predicted octanol–water partition coefficient (Wildman–Crippen LogP) is 4.34. The first kappa shape index (κ1) is 41.0. The SMILES string of the molecule is COCC(C)n1c(C2CCN(C(=O)COCCOCCOCCOCCOCCC(=O)O)CC2)nc2cnc3cc(-c4c(C)noc4C)c(OC)cc3c21. The molecule has 0 bridgehead atoms. The minimum absolute atomic E-state index is 0.000552. The van der Waals surface area contributed by atoms with Gasteiger partial charge in [-0.3, -0.25) is 14.6 Å². The van der Waals surface area contributed by atoms with Gasteiger partial charge in [-0.2, -0.15) is 0 Å². The molecule has 0 spiro atoms. The number of carbonyl (C=O) groups is 2. The summed E-state index contributed by atoms with van der Waals surface area (Å²) in [5, 5.41) is 13.6. The number of aromatic nitrogens is 4. The molecule has 1 N–H and O–H groups in total. The lowest BCUT2D eigenvalue weighted by Crippen LogP contribution is -2.40. The Balaban J connectivity index is 1.09. The lowest BCUT2D eigenvalue weighted by Gasteiger charge is -2.32. The van der Waals surface area contributed by atoms with E-state index in [9.17, 15) is 9.59 Å². The monoisotopic (exact) mass is 755 g/mol. The molecule has 0 saturated carbocycles. The second-order valence-corrected chi connectivity index (χ2v) is 13.2. The number of rotatable bonds is 23. The van der Waals surface area contributed by atoms with Gasteiger partial charge in [0, 0.05) is 37.1 Å². The van der Waals surface area contributed by atoms with Gasteiger partial charge in [0.2, 0.25) is 5.91 Å². The van der Waals surface area contributed by atoms with E-state index in [1.165, 1.54) is 0 Å². The molecule has 54 heavy (non-hydrogen) atoms. The van der Waals surface area contributed by atoms with Gasteiger partial charge in [-0.1, -0.05) is 5.16 Å². The Hall–Kier alpha value is -4.19. The summed E-state index contributed by atoms with van der Waals surface area (Å²) >= 11 is 0. The third-order valence-electron chi connectivity index (χ3n) is 9.40. The second-order valence-electron chi connectivity index (χ2n) is 13.2. The van der Waals surface area contributed by atoms with Crippen LogP contribution in [0, 0.1) is 13.8 Å². The highest BCUT2D eigenvalue weighted by atomic mass is 16.6. The quantitative estimate of drug-likeness (QED) is 0.106. The molecular formula is C38H53N5O11. The fourth-order valence-corrected chi connectivity index (χ4v) is 6.78. The molecule has 1 fully saturated rings. The number of amides is 1. The summed E-state index contributed by atoms with van der Waals surface area (Å²) < 4.78 is 46.4. The standard InChI is InChI=1S/C38H53N5O11/c1-25(23-47-4)43-37-29-21-33(48-5)30(36-26(2)41-54-27(36)3)20-31(29)39-22-32(37)40-38(43)28-6-9-42(10-7-28)34(44)24-53-19-18-52-17-16-51-15-14-50-13-12-49-11-8-35(45)46/h20-22,25,28H,6-19,23-24H2,1-5H3,(H,45,46).